The smallest absolute Gasteiger partial charge is 0.254 e. The molecule has 0 aliphatic carbocycles. The number of aromatic nitrogens is 1. The van der Waals surface area contributed by atoms with Gasteiger partial charge in [-0.2, -0.15) is 0 Å². The van der Waals surface area contributed by atoms with Crippen molar-refractivity contribution in [3.8, 4) is 0 Å². The Kier molecular flexibility index (Phi) is 6.78. The van der Waals surface area contributed by atoms with Gasteiger partial charge < -0.3 is 15.3 Å². The number of rotatable bonds is 4. The van der Waals surface area contributed by atoms with E-state index < -0.39 is 5.60 Å². The zero-order valence-electron chi connectivity index (χ0n) is 17.4. The minimum absolute atomic E-state index is 0.0861. The van der Waals surface area contributed by atoms with Crippen molar-refractivity contribution in [1.29, 1.82) is 0 Å². The SMILES string of the molecule is O=C(c1cc[n+](O)cc1Cc1ccc(I)cc1F)N1CCC(O)([C@@H]2CCCCN2)CC1. The maximum Gasteiger partial charge on any atom is 0.254 e. The van der Waals surface area contributed by atoms with Gasteiger partial charge >= 0.3 is 0 Å². The summed E-state index contributed by atoms with van der Waals surface area (Å²) in [5.41, 5.74) is 0.696. The number of carbonyl (C=O) groups excluding carboxylic acids is 1. The molecule has 2 aliphatic heterocycles. The fraction of sp³-hybridized carbons (Fsp3) is 0.478. The molecule has 0 radical (unpaired) electrons. The first kappa shape index (κ1) is 22.4. The molecule has 0 unspecified atom stereocenters. The van der Waals surface area contributed by atoms with Crippen LogP contribution in [0.5, 0.6) is 0 Å². The van der Waals surface area contributed by atoms with Crippen LogP contribution in [-0.2, 0) is 6.42 Å². The molecule has 0 saturated carbocycles. The zero-order valence-corrected chi connectivity index (χ0v) is 19.5. The summed E-state index contributed by atoms with van der Waals surface area (Å²) < 4.78 is 16.1. The molecule has 0 spiro atoms. The van der Waals surface area contributed by atoms with Crippen molar-refractivity contribution in [1.82, 2.24) is 10.2 Å². The van der Waals surface area contributed by atoms with Gasteiger partial charge in [-0.15, -0.1) is 0 Å². The molecule has 6 nitrogen and oxygen atoms in total. The number of nitrogens with zero attached hydrogens (tertiary/aromatic N) is 2. The summed E-state index contributed by atoms with van der Waals surface area (Å²) in [6, 6.07) is 6.64. The van der Waals surface area contributed by atoms with Gasteiger partial charge in [0, 0.05) is 45.5 Å². The second-order valence-electron chi connectivity index (χ2n) is 8.57. The molecule has 3 N–H and O–H groups in total. The summed E-state index contributed by atoms with van der Waals surface area (Å²) in [6.45, 7) is 1.87. The van der Waals surface area contributed by atoms with Gasteiger partial charge in [-0.25, -0.2) is 4.39 Å². The van der Waals surface area contributed by atoms with Gasteiger partial charge in [0.05, 0.1) is 11.2 Å². The highest BCUT2D eigenvalue weighted by atomic mass is 127. The lowest BCUT2D eigenvalue weighted by atomic mass is 9.80. The van der Waals surface area contributed by atoms with Gasteiger partial charge in [-0.05, 0) is 72.5 Å². The summed E-state index contributed by atoms with van der Waals surface area (Å²) in [7, 11) is 0. The van der Waals surface area contributed by atoms with Crippen molar-refractivity contribution >= 4 is 28.5 Å². The maximum atomic E-state index is 14.4. The summed E-state index contributed by atoms with van der Waals surface area (Å²) in [5.74, 6) is -0.484. The van der Waals surface area contributed by atoms with Crippen LogP contribution >= 0.6 is 22.6 Å². The van der Waals surface area contributed by atoms with Crippen LogP contribution in [0.3, 0.4) is 0 Å². The molecule has 2 fully saturated rings. The van der Waals surface area contributed by atoms with Gasteiger partial charge in [0.15, 0.2) is 0 Å². The number of hydrogen-bond acceptors (Lipinski definition) is 4. The summed E-state index contributed by atoms with van der Waals surface area (Å²) in [5, 5.41) is 24.5. The van der Waals surface area contributed by atoms with Crippen molar-refractivity contribution < 1.29 is 24.2 Å². The zero-order chi connectivity index (χ0) is 22.0. The van der Waals surface area contributed by atoms with E-state index in [1.165, 1.54) is 18.5 Å². The largest absolute Gasteiger partial charge is 0.388 e. The fourth-order valence-electron chi connectivity index (χ4n) is 4.68. The molecule has 2 aliphatic rings. The first-order chi connectivity index (χ1) is 14.9. The van der Waals surface area contributed by atoms with E-state index in [-0.39, 0.29) is 24.2 Å². The summed E-state index contributed by atoms with van der Waals surface area (Å²) in [6.07, 6.45) is 7.35. The van der Waals surface area contributed by atoms with E-state index in [9.17, 15) is 19.5 Å². The average Bonchev–Trinajstić information content (AvgIpc) is 2.77. The Hall–Kier alpha value is -1.78. The van der Waals surface area contributed by atoms with Crippen molar-refractivity contribution in [2.75, 3.05) is 19.6 Å². The van der Waals surface area contributed by atoms with E-state index in [2.05, 4.69) is 27.9 Å². The standard InChI is InChI=1S/C23H28FIN3O3/c24-20-14-18(25)5-4-16(20)13-17-15-28(31)10-6-19(17)22(29)27-11-7-23(30,8-12-27)21-3-1-2-9-26-21/h4-6,10,14-15,21,26,30-31H,1-3,7-9,11-13H2/q+1/t21-/m0/s1. The van der Waals surface area contributed by atoms with Crippen molar-refractivity contribution in [2.24, 2.45) is 0 Å². The molecular weight excluding hydrogens is 512 g/mol. The molecule has 31 heavy (non-hydrogen) atoms. The van der Waals surface area contributed by atoms with Crippen LogP contribution in [0.25, 0.3) is 0 Å². The van der Waals surface area contributed by atoms with E-state index in [4.69, 9.17) is 0 Å². The van der Waals surface area contributed by atoms with Crippen molar-refractivity contribution in [3.63, 3.8) is 0 Å². The Morgan fingerprint density at radius 3 is 2.71 bits per heavy atom. The third kappa shape index (κ3) is 5.01. The lowest BCUT2D eigenvalue weighted by molar-refractivity contribution is -0.905. The van der Waals surface area contributed by atoms with Gasteiger partial charge in [0.2, 0.25) is 12.4 Å². The number of carbonyl (C=O) groups is 1. The Morgan fingerprint density at radius 1 is 1.26 bits per heavy atom. The summed E-state index contributed by atoms with van der Waals surface area (Å²) in [4.78, 5) is 15.0. The monoisotopic (exact) mass is 540 g/mol. The van der Waals surface area contributed by atoms with Crippen LogP contribution in [0, 0.1) is 9.39 Å². The van der Waals surface area contributed by atoms with E-state index in [1.807, 2.05) is 6.07 Å². The van der Waals surface area contributed by atoms with Gasteiger partial charge in [-0.3, -0.25) is 10.0 Å². The number of nitrogens with one attached hydrogen (secondary N) is 1. The molecule has 1 aromatic carbocycles. The quantitative estimate of drug-likeness (QED) is 0.317. The molecule has 2 aromatic rings. The predicted octanol–water partition coefficient (Wildman–Crippen LogP) is 2.66. The highest BCUT2D eigenvalue weighted by Crippen LogP contribution is 2.31. The van der Waals surface area contributed by atoms with Crippen molar-refractivity contribution in [3.05, 3.63) is 62.7 Å². The Morgan fingerprint density at radius 2 is 2.03 bits per heavy atom. The lowest BCUT2D eigenvalue weighted by Gasteiger charge is -2.44. The van der Waals surface area contributed by atoms with Gasteiger partial charge in [-0.1, -0.05) is 12.5 Å². The fourth-order valence-corrected chi connectivity index (χ4v) is 5.13. The van der Waals surface area contributed by atoms with Crippen LogP contribution in [0.4, 0.5) is 4.39 Å². The minimum atomic E-state index is -0.783. The molecule has 3 heterocycles. The molecule has 4 rings (SSSR count). The van der Waals surface area contributed by atoms with E-state index in [1.54, 1.807) is 17.0 Å². The van der Waals surface area contributed by atoms with E-state index in [0.29, 0.717) is 42.6 Å². The number of likely N-dealkylation sites (tertiary alicyclic amines) is 1. The second-order valence-corrected chi connectivity index (χ2v) is 9.82. The minimum Gasteiger partial charge on any atom is -0.388 e. The van der Waals surface area contributed by atoms with Crippen LogP contribution in [-0.4, -0.2) is 52.4 Å². The summed E-state index contributed by atoms with van der Waals surface area (Å²) >= 11 is 2.05. The topological polar surface area (TPSA) is 76.7 Å². The number of halogens is 2. The van der Waals surface area contributed by atoms with E-state index >= 15 is 0 Å². The molecule has 2 saturated heterocycles. The highest BCUT2D eigenvalue weighted by Gasteiger charge is 2.41. The molecule has 1 amide bonds. The predicted molar refractivity (Wildman–Crippen MR) is 121 cm³/mol. The number of aliphatic hydroxyl groups is 1. The van der Waals surface area contributed by atoms with Crippen LogP contribution in [0.1, 0.15) is 53.6 Å². The molecular formula is C23H28FIN3O3+. The molecule has 166 valence electrons. The first-order valence-corrected chi connectivity index (χ1v) is 11.9. The van der Waals surface area contributed by atoms with Gasteiger partial charge in [0.25, 0.3) is 5.91 Å². The van der Waals surface area contributed by atoms with E-state index in [0.717, 1.165) is 34.1 Å². The second kappa shape index (κ2) is 9.38. The molecule has 0 bridgehead atoms. The molecule has 1 atom stereocenters. The lowest BCUT2D eigenvalue weighted by Crippen LogP contribution is -2.58. The first-order valence-electron chi connectivity index (χ1n) is 10.8. The number of hydrogen-bond donors (Lipinski definition) is 3. The van der Waals surface area contributed by atoms with Gasteiger partial charge in [0.1, 0.15) is 5.82 Å². The normalized spacial score (nSPS) is 21.1. The average molecular weight is 540 g/mol. The maximum absolute atomic E-state index is 14.4. The Bertz CT molecular complexity index is 957. The third-order valence-electron chi connectivity index (χ3n) is 6.53. The Balaban J connectivity index is 1.50. The van der Waals surface area contributed by atoms with Crippen LogP contribution < -0.4 is 10.0 Å². The van der Waals surface area contributed by atoms with Crippen molar-refractivity contribution in [2.45, 2.75) is 50.2 Å². The Labute approximate surface area is 195 Å². The highest BCUT2D eigenvalue weighted by molar-refractivity contribution is 14.1. The molecule has 1 aromatic heterocycles. The number of amides is 1. The molecule has 8 heteroatoms. The number of pyridine rings is 1. The van der Waals surface area contributed by atoms with Crippen LogP contribution in [0.2, 0.25) is 0 Å². The third-order valence-corrected chi connectivity index (χ3v) is 7.20. The number of benzene rings is 1. The number of piperidine rings is 2. The van der Waals surface area contributed by atoms with Crippen LogP contribution in [0.15, 0.2) is 36.7 Å².